The number of ether oxygens (including phenoxy) is 2. The van der Waals surface area contributed by atoms with Crippen LogP contribution in [0.25, 0.3) is 6.08 Å². The fourth-order valence-corrected chi connectivity index (χ4v) is 3.73. The average molecular weight is 461 g/mol. The lowest BCUT2D eigenvalue weighted by molar-refractivity contribution is -0.115. The standard InChI is InChI=1S/C19H13BrN2O3S2/c20-14-5-6-16(13(9-14)10-17-18(23)22-19(26)27-17)25-8-7-24-15-4-2-1-3-12(15)11-21/h1-6,9-10H,7-8H2,(H,22,23,26). The topological polar surface area (TPSA) is 71.3 Å². The first-order valence-corrected chi connectivity index (χ1v) is 9.88. The van der Waals surface area contributed by atoms with E-state index in [1.165, 1.54) is 11.8 Å². The first kappa shape index (κ1) is 19.4. The molecule has 2 aromatic rings. The zero-order valence-electron chi connectivity index (χ0n) is 13.9. The fraction of sp³-hybridized carbons (Fsp3) is 0.105. The first-order valence-electron chi connectivity index (χ1n) is 7.86. The summed E-state index contributed by atoms with van der Waals surface area (Å²) in [7, 11) is 0. The van der Waals surface area contributed by atoms with Crippen LogP contribution < -0.4 is 14.8 Å². The Balaban J connectivity index is 1.67. The highest BCUT2D eigenvalue weighted by Crippen LogP contribution is 2.31. The number of halogens is 1. The summed E-state index contributed by atoms with van der Waals surface area (Å²) in [6, 6.07) is 14.7. The lowest BCUT2D eigenvalue weighted by atomic mass is 10.2. The van der Waals surface area contributed by atoms with Crippen molar-refractivity contribution >= 4 is 56.2 Å². The Morgan fingerprint density at radius 3 is 2.63 bits per heavy atom. The predicted octanol–water partition coefficient (Wildman–Crippen LogP) is 4.27. The minimum Gasteiger partial charge on any atom is -0.489 e. The number of para-hydroxylation sites is 1. The van der Waals surface area contributed by atoms with Gasteiger partial charge in [-0.25, -0.2) is 0 Å². The van der Waals surface area contributed by atoms with Crippen molar-refractivity contribution < 1.29 is 14.3 Å². The zero-order chi connectivity index (χ0) is 19.2. The molecule has 1 N–H and O–H groups in total. The molecule has 0 atom stereocenters. The summed E-state index contributed by atoms with van der Waals surface area (Å²) in [5, 5.41) is 11.7. The van der Waals surface area contributed by atoms with Gasteiger partial charge in [-0.15, -0.1) is 0 Å². The number of benzene rings is 2. The van der Waals surface area contributed by atoms with Crippen molar-refractivity contribution in [3.63, 3.8) is 0 Å². The summed E-state index contributed by atoms with van der Waals surface area (Å²) >= 11 is 9.66. The van der Waals surface area contributed by atoms with Crippen LogP contribution in [0.3, 0.4) is 0 Å². The van der Waals surface area contributed by atoms with Gasteiger partial charge in [0.15, 0.2) is 0 Å². The van der Waals surface area contributed by atoms with Crippen LogP contribution in [-0.4, -0.2) is 23.4 Å². The van der Waals surface area contributed by atoms with E-state index in [0.29, 0.717) is 26.3 Å². The van der Waals surface area contributed by atoms with E-state index < -0.39 is 0 Å². The summed E-state index contributed by atoms with van der Waals surface area (Å²) in [4.78, 5) is 12.4. The Labute approximate surface area is 174 Å². The molecule has 0 spiro atoms. The normalized spacial score (nSPS) is 14.7. The number of rotatable bonds is 6. The van der Waals surface area contributed by atoms with Crippen LogP contribution in [-0.2, 0) is 4.79 Å². The maximum atomic E-state index is 11.9. The number of hydrogen-bond donors (Lipinski definition) is 1. The molecule has 1 heterocycles. The maximum absolute atomic E-state index is 11.9. The Hall–Kier alpha value is -2.34. The van der Waals surface area contributed by atoms with Crippen molar-refractivity contribution in [2.24, 2.45) is 0 Å². The number of amides is 1. The molecule has 0 unspecified atom stereocenters. The van der Waals surface area contributed by atoms with Crippen LogP contribution in [0, 0.1) is 11.3 Å². The Morgan fingerprint density at radius 2 is 1.93 bits per heavy atom. The molecule has 0 bridgehead atoms. The van der Waals surface area contributed by atoms with E-state index >= 15 is 0 Å². The third-order valence-corrected chi connectivity index (χ3v) is 5.16. The second-order valence-electron chi connectivity index (χ2n) is 5.34. The van der Waals surface area contributed by atoms with E-state index in [1.807, 2.05) is 24.3 Å². The minimum absolute atomic E-state index is 0.215. The molecule has 0 aliphatic carbocycles. The lowest BCUT2D eigenvalue weighted by Crippen LogP contribution is -2.17. The van der Waals surface area contributed by atoms with Gasteiger partial charge >= 0.3 is 0 Å². The van der Waals surface area contributed by atoms with E-state index in [1.54, 1.807) is 24.3 Å². The van der Waals surface area contributed by atoms with Gasteiger partial charge in [-0.1, -0.05) is 52.0 Å². The molecular weight excluding hydrogens is 448 g/mol. The number of thioether (sulfide) groups is 1. The van der Waals surface area contributed by atoms with Gasteiger partial charge in [0.05, 0.1) is 10.5 Å². The van der Waals surface area contributed by atoms with Gasteiger partial charge in [0.2, 0.25) is 0 Å². The molecule has 5 nitrogen and oxygen atoms in total. The number of nitrogens with one attached hydrogen (secondary N) is 1. The Bertz CT molecular complexity index is 970. The molecule has 0 saturated carbocycles. The van der Waals surface area contributed by atoms with Gasteiger partial charge in [0.25, 0.3) is 5.91 Å². The van der Waals surface area contributed by atoms with Gasteiger partial charge in [-0.2, -0.15) is 5.26 Å². The summed E-state index contributed by atoms with van der Waals surface area (Å²) in [6.07, 6.45) is 1.74. The van der Waals surface area contributed by atoms with Crippen LogP contribution >= 0.6 is 39.9 Å². The molecule has 0 radical (unpaired) electrons. The molecule has 1 aliphatic rings. The molecular formula is C19H13BrN2O3S2. The molecule has 2 aromatic carbocycles. The number of thiocarbonyl (C=S) groups is 1. The minimum atomic E-state index is -0.215. The SMILES string of the molecule is N#Cc1ccccc1OCCOc1ccc(Br)cc1C=C1SC(=S)NC1=O. The van der Waals surface area contributed by atoms with Crippen molar-refractivity contribution in [1.29, 1.82) is 5.26 Å². The highest BCUT2D eigenvalue weighted by atomic mass is 79.9. The summed E-state index contributed by atoms with van der Waals surface area (Å²) in [5.41, 5.74) is 1.23. The van der Waals surface area contributed by atoms with Gasteiger partial charge in [0, 0.05) is 10.0 Å². The van der Waals surface area contributed by atoms with Crippen molar-refractivity contribution in [1.82, 2.24) is 5.32 Å². The second-order valence-corrected chi connectivity index (χ2v) is 7.97. The third-order valence-electron chi connectivity index (χ3n) is 3.51. The van der Waals surface area contributed by atoms with E-state index in [-0.39, 0.29) is 19.1 Å². The molecule has 1 fully saturated rings. The Kier molecular flexibility index (Phi) is 6.50. The predicted molar refractivity (Wildman–Crippen MR) is 113 cm³/mol. The van der Waals surface area contributed by atoms with E-state index in [9.17, 15) is 4.79 Å². The molecule has 1 aliphatic heterocycles. The molecule has 8 heteroatoms. The van der Waals surface area contributed by atoms with E-state index in [4.69, 9.17) is 27.0 Å². The number of hydrogen-bond acceptors (Lipinski definition) is 6. The third kappa shape index (κ3) is 5.10. The molecule has 1 saturated heterocycles. The van der Waals surface area contributed by atoms with Crippen LogP contribution in [0.15, 0.2) is 51.8 Å². The van der Waals surface area contributed by atoms with Crippen molar-refractivity contribution in [3.8, 4) is 17.6 Å². The molecule has 136 valence electrons. The maximum Gasteiger partial charge on any atom is 0.263 e. The van der Waals surface area contributed by atoms with Crippen LogP contribution in [0.1, 0.15) is 11.1 Å². The summed E-state index contributed by atoms with van der Waals surface area (Å²) < 4.78 is 12.7. The van der Waals surface area contributed by atoms with Crippen LogP contribution in [0.4, 0.5) is 0 Å². The van der Waals surface area contributed by atoms with Crippen molar-refractivity contribution in [2.75, 3.05) is 13.2 Å². The van der Waals surface area contributed by atoms with Gasteiger partial charge in [-0.05, 0) is 36.4 Å². The number of carbonyl (C=O) groups excluding carboxylic acids is 1. The summed E-state index contributed by atoms with van der Waals surface area (Å²) in [5.74, 6) is 0.927. The monoisotopic (exact) mass is 460 g/mol. The average Bonchev–Trinajstić information content (AvgIpc) is 2.97. The van der Waals surface area contributed by atoms with Gasteiger partial charge in [-0.3, -0.25) is 4.79 Å². The number of nitriles is 1. The molecule has 27 heavy (non-hydrogen) atoms. The van der Waals surface area contributed by atoms with Crippen molar-refractivity contribution in [3.05, 3.63) is 63.0 Å². The highest BCUT2D eigenvalue weighted by Gasteiger charge is 2.22. The number of nitrogens with zero attached hydrogens (tertiary/aromatic N) is 1. The van der Waals surface area contributed by atoms with Crippen LogP contribution in [0.2, 0.25) is 0 Å². The number of carbonyl (C=O) groups is 1. The zero-order valence-corrected chi connectivity index (χ0v) is 17.1. The fourth-order valence-electron chi connectivity index (χ4n) is 2.31. The highest BCUT2D eigenvalue weighted by molar-refractivity contribution is 9.10. The van der Waals surface area contributed by atoms with E-state index in [0.717, 1.165) is 10.0 Å². The molecule has 3 rings (SSSR count). The Morgan fingerprint density at radius 1 is 1.19 bits per heavy atom. The van der Waals surface area contributed by atoms with Gasteiger partial charge < -0.3 is 14.8 Å². The largest absolute Gasteiger partial charge is 0.489 e. The lowest BCUT2D eigenvalue weighted by Gasteiger charge is -2.12. The quantitative estimate of drug-likeness (QED) is 0.394. The smallest absolute Gasteiger partial charge is 0.263 e. The second kappa shape index (κ2) is 9.04. The molecule has 0 aromatic heterocycles. The van der Waals surface area contributed by atoms with Crippen LogP contribution in [0.5, 0.6) is 11.5 Å². The van der Waals surface area contributed by atoms with E-state index in [2.05, 4.69) is 27.3 Å². The molecule has 1 amide bonds. The first-order chi connectivity index (χ1) is 13.1. The van der Waals surface area contributed by atoms with Gasteiger partial charge in [0.1, 0.15) is 35.1 Å². The summed E-state index contributed by atoms with van der Waals surface area (Å²) in [6.45, 7) is 0.569. The van der Waals surface area contributed by atoms with Crippen molar-refractivity contribution in [2.45, 2.75) is 0 Å².